The number of amides is 1. The molecule has 24 heavy (non-hydrogen) atoms. The number of carbonyl (C=O) groups is 1. The molecule has 0 aliphatic carbocycles. The molecule has 0 aromatic heterocycles. The van der Waals surface area contributed by atoms with Crippen LogP contribution < -0.4 is 5.32 Å². The summed E-state index contributed by atoms with van der Waals surface area (Å²) in [4.78, 5) is 11.9. The highest BCUT2D eigenvalue weighted by atomic mass is 79.9. The fourth-order valence-corrected chi connectivity index (χ4v) is 2.72. The molecule has 0 fully saturated rings. The van der Waals surface area contributed by atoms with Crippen LogP contribution in [0.2, 0.25) is 0 Å². The molecule has 0 unspecified atom stereocenters. The van der Waals surface area contributed by atoms with Crippen molar-refractivity contribution in [2.24, 2.45) is 5.92 Å². The lowest BCUT2D eigenvalue weighted by Gasteiger charge is -2.06. The summed E-state index contributed by atoms with van der Waals surface area (Å²) in [5.74, 6) is 0.571. The first-order valence-electron chi connectivity index (χ1n) is 8.24. The van der Waals surface area contributed by atoms with E-state index in [1.807, 2.05) is 25.1 Å². The average Bonchev–Trinajstić information content (AvgIpc) is 2.55. The van der Waals surface area contributed by atoms with E-state index in [1.54, 1.807) is 6.08 Å². The van der Waals surface area contributed by atoms with Crippen molar-refractivity contribution < 1.29 is 4.79 Å². The fraction of sp³-hybridized carbons (Fsp3) is 0.286. The van der Waals surface area contributed by atoms with Gasteiger partial charge in [0.05, 0.1) is 0 Å². The lowest BCUT2D eigenvalue weighted by molar-refractivity contribution is -0.116. The van der Waals surface area contributed by atoms with Gasteiger partial charge in [-0.2, -0.15) is 0 Å². The molecule has 0 saturated heterocycles. The molecule has 0 spiro atoms. The third-order valence-corrected chi connectivity index (χ3v) is 4.63. The Balaban J connectivity index is 1.87. The summed E-state index contributed by atoms with van der Waals surface area (Å²) in [6, 6.07) is 14.4. The quantitative estimate of drug-likeness (QED) is 0.672. The van der Waals surface area contributed by atoms with Crippen LogP contribution >= 0.6 is 15.9 Å². The van der Waals surface area contributed by atoms with Gasteiger partial charge in [-0.25, -0.2) is 0 Å². The standard InChI is InChI=1S/C21H24BrNO/c1-15(2)12-18-6-4-17(5-7-18)9-11-21(24)23-14-19-8-10-20(22)16(3)13-19/h4-11,13,15H,12,14H2,1-3H3,(H,23,24)/b11-9+. The van der Waals surface area contributed by atoms with E-state index in [2.05, 4.69) is 65.4 Å². The Hall–Kier alpha value is -1.87. The minimum atomic E-state index is -0.0816. The maximum atomic E-state index is 11.9. The van der Waals surface area contributed by atoms with Crippen molar-refractivity contribution in [1.29, 1.82) is 0 Å². The largest absolute Gasteiger partial charge is 0.348 e. The predicted molar refractivity (Wildman–Crippen MR) is 105 cm³/mol. The number of aryl methyl sites for hydroxylation is 1. The smallest absolute Gasteiger partial charge is 0.244 e. The van der Waals surface area contributed by atoms with E-state index in [9.17, 15) is 4.79 Å². The molecular weight excluding hydrogens is 362 g/mol. The van der Waals surface area contributed by atoms with Crippen molar-refractivity contribution in [3.63, 3.8) is 0 Å². The van der Waals surface area contributed by atoms with E-state index in [0.717, 1.165) is 22.0 Å². The third-order valence-electron chi connectivity index (χ3n) is 3.74. The number of hydrogen-bond acceptors (Lipinski definition) is 1. The number of halogens is 1. The van der Waals surface area contributed by atoms with Crippen LogP contribution in [0.25, 0.3) is 6.08 Å². The van der Waals surface area contributed by atoms with Gasteiger partial charge in [0.15, 0.2) is 0 Å². The summed E-state index contributed by atoms with van der Waals surface area (Å²) in [5, 5.41) is 2.91. The van der Waals surface area contributed by atoms with Crippen molar-refractivity contribution in [2.75, 3.05) is 0 Å². The van der Waals surface area contributed by atoms with Crippen LogP contribution in [0.15, 0.2) is 53.0 Å². The van der Waals surface area contributed by atoms with Gasteiger partial charge in [-0.15, -0.1) is 0 Å². The van der Waals surface area contributed by atoms with Gasteiger partial charge in [0.25, 0.3) is 0 Å². The lowest BCUT2D eigenvalue weighted by atomic mass is 10.0. The summed E-state index contributed by atoms with van der Waals surface area (Å²) in [7, 11) is 0. The first-order chi connectivity index (χ1) is 11.4. The summed E-state index contributed by atoms with van der Waals surface area (Å²) < 4.78 is 1.08. The highest BCUT2D eigenvalue weighted by molar-refractivity contribution is 9.10. The molecule has 0 aliphatic heterocycles. The molecule has 3 heteroatoms. The maximum Gasteiger partial charge on any atom is 0.244 e. The Morgan fingerprint density at radius 3 is 2.42 bits per heavy atom. The Morgan fingerprint density at radius 2 is 1.79 bits per heavy atom. The zero-order valence-electron chi connectivity index (χ0n) is 14.5. The second-order valence-electron chi connectivity index (χ2n) is 6.47. The normalized spacial score (nSPS) is 11.2. The number of rotatable bonds is 6. The molecule has 126 valence electrons. The first kappa shape index (κ1) is 18.5. The van der Waals surface area contributed by atoms with Crippen LogP contribution in [0.3, 0.4) is 0 Å². The van der Waals surface area contributed by atoms with Crippen LogP contribution in [-0.4, -0.2) is 5.91 Å². The SMILES string of the molecule is Cc1cc(CNC(=O)/C=C/c2ccc(CC(C)C)cc2)ccc1Br. The zero-order chi connectivity index (χ0) is 17.5. The minimum Gasteiger partial charge on any atom is -0.348 e. The molecular formula is C21H24BrNO. The summed E-state index contributed by atoms with van der Waals surface area (Å²) >= 11 is 3.48. The Kier molecular flexibility index (Phi) is 6.80. The van der Waals surface area contributed by atoms with E-state index >= 15 is 0 Å². The molecule has 0 saturated carbocycles. The second kappa shape index (κ2) is 8.84. The molecule has 2 nitrogen and oxygen atoms in total. The number of benzene rings is 2. The molecule has 2 aromatic carbocycles. The highest BCUT2D eigenvalue weighted by Gasteiger charge is 2.00. The van der Waals surface area contributed by atoms with Crippen molar-refractivity contribution in [3.05, 3.63) is 75.3 Å². The first-order valence-corrected chi connectivity index (χ1v) is 9.03. The lowest BCUT2D eigenvalue weighted by Crippen LogP contribution is -2.20. The monoisotopic (exact) mass is 385 g/mol. The topological polar surface area (TPSA) is 29.1 Å². The predicted octanol–water partition coefficient (Wildman–Crippen LogP) is 5.29. The fourth-order valence-electron chi connectivity index (χ4n) is 2.47. The molecule has 0 aliphatic rings. The van der Waals surface area contributed by atoms with Crippen molar-refractivity contribution in [3.8, 4) is 0 Å². The maximum absolute atomic E-state index is 11.9. The van der Waals surface area contributed by atoms with Crippen LogP contribution in [0, 0.1) is 12.8 Å². The van der Waals surface area contributed by atoms with Crippen LogP contribution in [0.1, 0.15) is 36.1 Å². The van der Waals surface area contributed by atoms with E-state index < -0.39 is 0 Å². The number of nitrogens with one attached hydrogen (secondary N) is 1. The second-order valence-corrected chi connectivity index (χ2v) is 7.33. The molecule has 0 radical (unpaired) electrons. The third kappa shape index (κ3) is 5.97. The van der Waals surface area contributed by atoms with Gasteiger partial charge >= 0.3 is 0 Å². The molecule has 0 atom stereocenters. The van der Waals surface area contributed by atoms with Crippen molar-refractivity contribution in [2.45, 2.75) is 33.7 Å². The summed E-state index contributed by atoms with van der Waals surface area (Å²) in [6.07, 6.45) is 4.52. The van der Waals surface area contributed by atoms with Crippen LogP contribution in [-0.2, 0) is 17.8 Å². The van der Waals surface area contributed by atoms with Crippen LogP contribution in [0.5, 0.6) is 0 Å². The molecule has 2 rings (SSSR count). The Labute approximate surface area is 153 Å². The van der Waals surface area contributed by atoms with E-state index in [1.165, 1.54) is 11.1 Å². The Morgan fingerprint density at radius 1 is 1.12 bits per heavy atom. The average molecular weight is 386 g/mol. The van der Waals surface area contributed by atoms with E-state index in [0.29, 0.717) is 12.5 Å². The summed E-state index contributed by atoms with van der Waals surface area (Å²) in [6.45, 7) is 7.00. The molecule has 0 bridgehead atoms. The van der Waals surface area contributed by atoms with Gasteiger partial charge in [0.1, 0.15) is 0 Å². The number of hydrogen-bond donors (Lipinski definition) is 1. The molecule has 0 heterocycles. The summed E-state index contributed by atoms with van der Waals surface area (Å²) in [5.41, 5.74) is 4.63. The van der Waals surface area contributed by atoms with Crippen molar-refractivity contribution >= 4 is 27.9 Å². The molecule has 2 aromatic rings. The Bertz CT molecular complexity index is 717. The van der Waals surface area contributed by atoms with Gasteiger partial charge in [0, 0.05) is 17.1 Å². The molecule has 1 amide bonds. The molecule has 1 N–H and O–H groups in total. The van der Waals surface area contributed by atoms with Crippen molar-refractivity contribution in [1.82, 2.24) is 5.32 Å². The van der Waals surface area contributed by atoms with E-state index in [-0.39, 0.29) is 5.91 Å². The van der Waals surface area contributed by atoms with Gasteiger partial charge in [-0.3, -0.25) is 4.79 Å². The highest BCUT2D eigenvalue weighted by Crippen LogP contribution is 2.17. The zero-order valence-corrected chi connectivity index (χ0v) is 16.1. The van der Waals surface area contributed by atoms with Gasteiger partial charge in [0.2, 0.25) is 5.91 Å². The number of carbonyl (C=O) groups excluding carboxylic acids is 1. The van der Waals surface area contributed by atoms with E-state index in [4.69, 9.17) is 0 Å². The van der Waals surface area contributed by atoms with Gasteiger partial charge in [-0.05, 0) is 53.7 Å². The minimum absolute atomic E-state index is 0.0816. The van der Waals surface area contributed by atoms with Gasteiger partial charge in [-0.1, -0.05) is 66.2 Å². The van der Waals surface area contributed by atoms with Crippen LogP contribution in [0.4, 0.5) is 0 Å². The van der Waals surface area contributed by atoms with Gasteiger partial charge < -0.3 is 5.32 Å².